The van der Waals surface area contributed by atoms with Gasteiger partial charge in [0, 0.05) is 6.04 Å². The lowest BCUT2D eigenvalue weighted by Crippen LogP contribution is -2.63. The first-order valence-corrected chi connectivity index (χ1v) is 10.2. The Morgan fingerprint density at radius 3 is 2.59 bits per heavy atom. The Morgan fingerprint density at radius 2 is 1.82 bits per heavy atom. The van der Waals surface area contributed by atoms with Crippen molar-refractivity contribution in [3.63, 3.8) is 0 Å². The predicted molar refractivity (Wildman–Crippen MR) is 94.7 cm³/mol. The Hall–Kier alpha value is 0.160. The molecule has 1 unspecified atom stereocenters. The summed E-state index contributed by atoms with van der Waals surface area (Å²) < 4.78 is 0.125. The lowest BCUT2D eigenvalue weighted by molar-refractivity contribution is -0.136. The molecule has 2 N–H and O–H groups in total. The molecule has 4 heteroatoms. The van der Waals surface area contributed by atoms with Crippen molar-refractivity contribution in [1.29, 1.82) is 0 Å². The Labute approximate surface area is 147 Å². The van der Waals surface area contributed by atoms with Gasteiger partial charge in [-0.15, -0.1) is 0 Å². The molecular formula is C18H28INO2. The van der Waals surface area contributed by atoms with E-state index in [1.807, 2.05) is 0 Å². The Bertz CT molecular complexity index is 497. The van der Waals surface area contributed by atoms with Crippen molar-refractivity contribution in [2.24, 2.45) is 28.6 Å². The lowest BCUT2D eigenvalue weighted by Gasteiger charge is -2.60. The molecule has 0 bridgehead atoms. The SMILES string of the molecule is C[C@]12CC(I)C(=O)N[C@@H]1CC[C@@H]1[C@@H]2CC[C@]2(C)[C@@H](O)CC[C@@H]12. The number of carbonyl (C=O) groups excluding carboxylic acids is 1. The van der Waals surface area contributed by atoms with Crippen LogP contribution >= 0.6 is 22.6 Å². The predicted octanol–water partition coefficient (Wildman–Crippen LogP) is 3.28. The molecule has 1 aliphatic heterocycles. The fourth-order valence-electron chi connectivity index (χ4n) is 6.70. The molecule has 0 radical (unpaired) electrons. The highest BCUT2D eigenvalue weighted by Crippen LogP contribution is 2.64. The number of piperidine rings is 1. The van der Waals surface area contributed by atoms with Gasteiger partial charge in [-0.2, -0.15) is 0 Å². The van der Waals surface area contributed by atoms with Crippen LogP contribution in [0.25, 0.3) is 0 Å². The topological polar surface area (TPSA) is 49.3 Å². The van der Waals surface area contributed by atoms with E-state index in [1.165, 1.54) is 25.7 Å². The third-order valence-electron chi connectivity index (χ3n) is 8.04. The van der Waals surface area contributed by atoms with Crippen molar-refractivity contribution in [2.75, 3.05) is 0 Å². The normalized spacial score (nSPS) is 57.5. The van der Waals surface area contributed by atoms with Crippen molar-refractivity contribution >= 4 is 28.5 Å². The summed E-state index contributed by atoms with van der Waals surface area (Å²) in [6.07, 6.45) is 7.93. The smallest absolute Gasteiger partial charge is 0.233 e. The summed E-state index contributed by atoms with van der Waals surface area (Å²) in [5, 5.41) is 13.8. The number of aliphatic hydroxyl groups excluding tert-OH is 1. The molecule has 0 aromatic carbocycles. The first kappa shape index (κ1) is 15.7. The largest absolute Gasteiger partial charge is 0.393 e. The summed E-state index contributed by atoms with van der Waals surface area (Å²) in [4.78, 5) is 12.1. The molecule has 1 amide bonds. The van der Waals surface area contributed by atoms with Crippen molar-refractivity contribution in [3.05, 3.63) is 0 Å². The van der Waals surface area contributed by atoms with Crippen LogP contribution in [0.4, 0.5) is 0 Å². The molecule has 4 rings (SSSR count). The number of rotatable bonds is 0. The van der Waals surface area contributed by atoms with Crippen LogP contribution in [0.5, 0.6) is 0 Å². The molecule has 0 aromatic heterocycles. The van der Waals surface area contributed by atoms with Crippen LogP contribution < -0.4 is 5.32 Å². The van der Waals surface area contributed by atoms with Gasteiger partial charge in [0.1, 0.15) is 0 Å². The number of carbonyl (C=O) groups is 1. The molecular weight excluding hydrogens is 389 g/mol. The number of fused-ring (bicyclic) bond motifs is 5. The number of aliphatic hydroxyl groups is 1. The van der Waals surface area contributed by atoms with Gasteiger partial charge in [0.05, 0.1) is 10.0 Å². The molecule has 124 valence electrons. The third-order valence-corrected chi connectivity index (χ3v) is 9.04. The Kier molecular flexibility index (Phi) is 3.62. The van der Waals surface area contributed by atoms with Gasteiger partial charge in [-0.3, -0.25) is 4.79 Å². The first-order chi connectivity index (χ1) is 10.4. The molecule has 3 aliphatic carbocycles. The summed E-state index contributed by atoms with van der Waals surface area (Å²) in [6.45, 7) is 4.78. The zero-order valence-electron chi connectivity index (χ0n) is 13.6. The van der Waals surface area contributed by atoms with E-state index in [0.29, 0.717) is 12.0 Å². The molecule has 22 heavy (non-hydrogen) atoms. The number of halogens is 1. The summed E-state index contributed by atoms with van der Waals surface area (Å²) >= 11 is 2.33. The summed E-state index contributed by atoms with van der Waals surface area (Å²) in [7, 11) is 0. The van der Waals surface area contributed by atoms with E-state index in [4.69, 9.17) is 0 Å². The van der Waals surface area contributed by atoms with E-state index < -0.39 is 0 Å². The molecule has 3 saturated carbocycles. The van der Waals surface area contributed by atoms with Crippen LogP contribution in [0, 0.1) is 28.6 Å². The van der Waals surface area contributed by atoms with Crippen LogP contribution in [-0.2, 0) is 4.79 Å². The summed E-state index contributed by atoms with van der Waals surface area (Å²) in [5.41, 5.74) is 0.420. The second-order valence-electron chi connectivity index (χ2n) is 8.83. The number of nitrogens with one attached hydrogen (secondary N) is 1. The van der Waals surface area contributed by atoms with E-state index in [-0.39, 0.29) is 26.8 Å². The molecule has 1 saturated heterocycles. The monoisotopic (exact) mass is 417 g/mol. The lowest BCUT2D eigenvalue weighted by atomic mass is 9.47. The van der Waals surface area contributed by atoms with Gasteiger partial charge in [-0.1, -0.05) is 36.4 Å². The van der Waals surface area contributed by atoms with E-state index in [2.05, 4.69) is 41.8 Å². The second-order valence-corrected chi connectivity index (χ2v) is 10.3. The van der Waals surface area contributed by atoms with Crippen LogP contribution in [0.3, 0.4) is 0 Å². The minimum atomic E-state index is -0.0904. The average molecular weight is 417 g/mol. The first-order valence-electron chi connectivity index (χ1n) is 8.99. The number of hydrogen-bond donors (Lipinski definition) is 2. The van der Waals surface area contributed by atoms with Crippen LogP contribution in [0.2, 0.25) is 0 Å². The number of amides is 1. The van der Waals surface area contributed by atoms with E-state index >= 15 is 0 Å². The zero-order valence-corrected chi connectivity index (χ0v) is 15.8. The quantitative estimate of drug-likeness (QED) is 0.470. The summed E-state index contributed by atoms with van der Waals surface area (Å²) in [5.74, 6) is 2.44. The highest BCUT2D eigenvalue weighted by atomic mass is 127. The standard InChI is InChI=1S/C18H28INO2/c1-17-8-7-12-10(11(17)4-6-15(17)21)3-5-14-18(12,2)9-13(19)16(22)20-14/h10-15,21H,3-9H2,1-2H3,(H,20,22)/t10-,11-,12-,13?,14+,15-,17-,18+/m0/s1. The number of alkyl halides is 1. The average Bonchev–Trinajstić information content (AvgIpc) is 2.77. The van der Waals surface area contributed by atoms with Crippen molar-refractivity contribution in [2.45, 2.75) is 74.9 Å². The highest BCUT2D eigenvalue weighted by molar-refractivity contribution is 14.1. The fourth-order valence-corrected chi connectivity index (χ4v) is 7.83. The van der Waals surface area contributed by atoms with Crippen molar-refractivity contribution in [1.82, 2.24) is 5.32 Å². The molecule has 3 nitrogen and oxygen atoms in total. The Morgan fingerprint density at radius 1 is 1.09 bits per heavy atom. The van der Waals surface area contributed by atoms with Crippen LogP contribution in [0.15, 0.2) is 0 Å². The van der Waals surface area contributed by atoms with E-state index in [1.54, 1.807) is 0 Å². The second kappa shape index (κ2) is 5.08. The van der Waals surface area contributed by atoms with Gasteiger partial charge in [-0.05, 0) is 73.5 Å². The molecule has 0 spiro atoms. The molecule has 4 aliphatic rings. The molecule has 8 atom stereocenters. The molecule has 4 fully saturated rings. The van der Waals surface area contributed by atoms with Gasteiger partial charge in [0.15, 0.2) is 0 Å². The molecule has 1 heterocycles. The fraction of sp³-hybridized carbons (Fsp3) is 0.944. The van der Waals surface area contributed by atoms with E-state index in [9.17, 15) is 9.90 Å². The minimum absolute atomic E-state index is 0.0904. The van der Waals surface area contributed by atoms with E-state index in [0.717, 1.165) is 31.1 Å². The molecule has 0 aromatic rings. The van der Waals surface area contributed by atoms with Crippen LogP contribution in [0.1, 0.15) is 58.8 Å². The highest BCUT2D eigenvalue weighted by Gasteiger charge is 2.60. The van der Waals surface area contributed by atoms with Gasteiger partial charge >= 0.3 is 0 Å². The van der Waals surface area contributed by atoms with Crippen molar-refractivity contribution in [3.8, 4) is 0 Å². The van der Waals surface area contributed by atoms with Gasteiger partial charge in [0.25, 0.3) is 0 Å². The Balaban J connectivity index is 1.65. The minimum Gasteiger partial charge on any atom is -0.393 e. The maximum Gasteiger partial charge on any atom is 0.233 e. The van der Waals surface area contributed by atoms with Gasteiger partial charge in [-0.25, -0.2) is 0 Å². The zero-order chi connectivity index (χ0) is 15.7. The van der Waals surface area contributed by atoms with Gasteiger partial charge < -0.3 is 10.4 Å². The van der Waals surface area contributed by atoms with Crippen LogP contribution in [-0.4, -0.2) is 27.1 Å². The van der Waals surface area contributed by atoms with Crippen molar-refractivity contribution < 1.29 is 9.90 Å². The maximum absolute atomic E-state index is 12.1. The van der Waals surface area contributed by atoms with Gasteiger partial charge in [0.2, 0.25) is 5.91 Å². The summed E-state index contributed by atoms with van der Waals surface area (Å²) in [6, 6.07) is 0.378. The number of hydrogen-bond acceptors (Lipinski definition) is 2. The third kappa shape index (κ3) is 1.98. The maximum atomic E-state index is 12.1.